The van der Waals surface area contributed by atoms with Crippen molar-refractivity contribution in [2.24, 2.45) is 11.8 Å². The van der Waals surface area contributed by atoms with Gasteiger partial charge in [-0.3, -0.25) is 9.59 Å². The number of carbonyl (C=O) groups excluding carboxylic acids is 2. The number of hydrogen-bond donors (Lipinski definition) is 0. The summed E-state index contributed by atoms with van der Waals surface area (Å²) < 4.78 is 3.89. The lowest BCUT2D eigenvalue weighted by Gasteiger charge is -2.36. The van der Waals surface area contributed by atoms with Crippen LogP contribution in [0.2, 0.25) is 0 Å². The van der Waals surface area contributed by atoms with E-state index in [1.807, 2.05) is 16.7 Å². The molecule has 4 aliphatic rings. The zero-order valence-corrected chi connectivity index (χ0v) is 14.2. The van der Waals surface area contributed by atoms with Crippen LogP contribution in [0.3, 0.4) is 0 Å². The van der Waals surface area contributed by atoms with Gasteiger partial charge in [0, 0.05) is 31.6 Å². The van der Waals surface area contributed by atoms with E-state index in [0.717, 1.165) is 38.8 Å². The number of amides is 2. The molecule has 0 unspecified atom stereocenters. The molecule has 1 aromatic heterocycles. The van der Waals surface area contributed by atoms with E-state index in [-0.39, 0.29) is 17.9 Å². The van der Waals surface area contributed by atoms with Crippen LogP contribution in [-0.2, 0) is 4.79 Å². The third-order valence-corrected chi connectivity index (χ3v) is 6.40. The van der Waals surface area contributed by atoms with E-state index in [9.17, 15) is 9.59 Å². The van der Waals surface area contributed by atoms with Gasteiger partial charge in [-0.1, -0.05) is 10.9 Å². The molecule has 0 N–H and O–H groups in total. The zero-order chi connectivity index (χ0) is 16.0. The highest BCUT2D eigenvalue weighted by atomic mass is 32.1. The van der Waals surface area contributed by atoms with Crippen LogP contribution in [0, 0.1) is 18.8 Å². The van der Waals surface area contributed by atoms with Crippen molar-refractivity contribution in [2.45, 2.75) is 45.1 Å². The summed E-state index contributed by atoms with van der Waals surface area (Å²) in [4.78, 5) is 30.1. The van der Waals surface area contributed by atoms with Crippen LogP contribution in [0.5, 0.6) is 0 Å². The first kappa shape index (κ1) is 15.1. The third kappa shape index (κ3) is 2.65. The number of piperidine rings is 1. The maximum Gasteiger partial charge on any atom is 0.267 e. The van der Waals surface area contributed by atoms with Gasteiger partial charge in [-0.2, -0.15) is 0 Å². The molecule has 4 fully saturated rings. The van der Waals surface area contributed by atoms with E-state index >= 15 is 0 Å². The van der Waals surface area contributed by atoms with E-state index in [2.05, 4.69) is 9.59 Å². The highest BCUT2D eigenvalue weighted by molar-refractivity contribution is 7.07. The van der Waals surface area contributed by atoms with Crippen molar-refractivity contribution < 1.29 is 9.59 Å². The number of nitrogens with zero attached hydrogens (tertiary/aromatic N) is 4. The van der Waals surface area contributed by atoms with E-state index in [1.54, 1.807) is 0 Å². The first-order chi connectivity index (χ1) is 11.1. The van der Waals surface area contributed by atoms with Crippen LogP contribution in [0.15, 0.2) is 0 Å². The minimum atomic E-state index is 0.0464. The third-order valence-electron chi connectivity index (χ3n) is 5.59. The summed E-state index contributed by atoms with van der Waals surface area (Å²) in [6, 6.07) is 0.145. The number of aryl methyl sites for hydroxylation is 1. The van der Waals surface area contributed by atoms with Crippen molar-refractivity contribution >= 4 is 23.3 Å². The number of fused-ring (bicyclic) bond motifs is 4. The minimum Gasteiger partial charge on any atom is -0.340 e. The van der Waals surface area contributed by atoms with Gasteiger partial charge in [0.2, 0.25) is 5.91 Å². The first-order valence-corrected chi connectivity index (χ1v) is 9.29. The molecule has 23 heavy (non-hydrogen) atoms. The first-order valence-electron chi connectivity index (χ1n) is 8.52. The molecule has 2 bridgehead atoms. The van der Waals surface area contributed by atoms with Gasteiger partial charge in [-0.15, -0.1) is 5.10 Å². The lowest BCUT2D eigenvalue weighted by molar-refractivity contribution is -0.138. The van der Waals surface area contributed by atoms with Crippen molar-refractivity contribution in [2.75, 3.05) is 19.6 Å². The molecule has 0 spiro atoms. The molecule has 6 nitrogen and oxygen atoms in total. The Morgan fingerprint density at radius 3 is 2.61 bits per heavy atom. The maximum atomic E-state index is 12.9. The lowest BCUT2D eigenvalue weighted by Crippen LogP contribution is -2.48. The molecule has 0 radical (unpaired) electrons. The van der Waals surface area contributed by atoms with E-state index < -0.39 is 0 Å². The summed E-state index contributed by atoms with van der Waals surface area (Å²) >= 11 is 1.18. The standard InChI is InChI=1S/C16H22N4O2S/c1-10-14(23-18-17-10)16(22)20-8-11-5-6-13(20)9-19(7-11)15(21)12-3-2-4-12/h11-13H,2-9H2,1H3/t11-,13+/m0/s1. The van der Waals surface area contributed by atoms with Crippen molar-refractivity contribution in [1.29, 1.82) is 0 Å². The highest BCUT2D eigenvalue weighted by Gasteiger charge is 2.41. The van der Waals surface area contributed by atoms with Gasteiger partial charge in [0.1, 0.15) is 4.88 Å². The Hall–Kier alpha value is -1.50. The Bertz CT molecular complexity index is 627. The minimum absolute atomic E-state index is 0.0464. The molecule has 1 aromatic rings. The number of carbonyl (C=O) groups is 2. The van der Waals surface area contributed by atoms with Crippen LogP contribution >= 0.6 is 11.5 Å². The average molecular weight is 334 g/mol. The number of aromatic nitrogens is 2. The van der Waals surface area contributed by atoms with Crippen molar-refractivity contribution in [3.63, 3.8) is 0 Å². The molecule has 1 aliphatic carbocycles. The molecule has 4 heterocycles. The molecule has 3 saturated heterocycles. The van der Waals surface area contributed by atoms with E-state index in [1.165, 1.54) is 18.0 Å². The summed E-state index contributed by atoms with van der Waals surface area (Å²) in [6.07, 6.45) is 5.37. The van der Waals surface area contributed by atoms with Crippen LogP contribution in [0.25, 0.3) is 0 Å². The fraction of sp³-hybridized carbons (Fsp3) is 0.750. The molecule has 1 saturated carbocycles. The van der Waals surface area contributed by atoms with Crippen LogP contribution in [0.1, 0.15) is 47.5 Å². The molecular weight excluding hydrogens is 312 g/mol. The average Bonchev–Trinajstić information content (AvgIpc) is 2.72. The number of hydrogen-bond acceptors (Lipinski definition) is 5. The molecule has 3 aliphatic heterocycles. The summed E-state index contributed by atoms with van der Waals surface area (Å²) in [5.41, 5.74) is 0.711. The SMILES string of the molecule is Cc1nnsc1C(=O)N1C[C@H]2CC[C@@H]1CN(C(=O)C1CCC1)C2. The second-order valence-electron chi connectivity index (χ2n) is 7.11. The van der Waals surface area contributed by atoms with Gasteiger partial charge in [0.05, 0.1) is 5.69 Å². The zero-order valence-electron chi connectivity index (χ0n) is 13.4. The Balaban J connectivity index is 1.52. The Kier molecular flexibility index (Phi) is 3.83. The summed E-state index contributed by atoms with van der Waals surface area (Å²) in [5.74, 6) is 1.01. The Morgan fingerprint density at radius 2 is 1.96 bits per heavy atom. The maximum absolute atomic E-state index is 12.9. The van der Waals surface area contributed by atoms with Crippen molar-refractivity contribution in [3.8, 4) is 0 Å². The summed E-state index contributed by atoms with van der Waals surface area (Å²) in [5, 5.41) is 3.96. The molecule has 124 valence electrons. The van der Waals surface area contributed by atoms with Crippen molar-refractivity contribution in [1.82, 2.24) is 19.4 Å². The summed E-state index contributed by atoms with van der Waals surface area (Å²) in [6.45, 7) is 4.10. The van der Waals surface area contributed by atoms with Crippen LogP contribution in [-0.4, -0.2) is 56.9 Å². The smallest absolute Gasteiger partial charge is 0.267 e. The predicted molar refractivity (Wildman–Crippen MR) is 86.1 cm³/mol. The monoisotopic (exact) mass is 334 g/mol. The predicted octanol–water partition coefficient (Wildman–Crippen LogP) is 1.71. The van der Waals surface area contributed by atoms with Crippen molar-refractivity contribution in [3.05, 3.63) is 10.6 Å². The Morgan fingerprint density at radius 1 is 1.13 bits per heavy atom. The van der Waals surface area contributed by atoms with Gasteiger partial charge in [0.25, 0.3) is 5.91 Å². The molecule has 2 amide bonds. The van der Waals surface area contributed by atoms with Gasteiger partial charge < -0.3 is 9.80 Å². The van der Waals surface area contributed by atoms with Gasteiger partial charge >= 0.3 is 0 Å². The number of rotatable bonds is 2. The molecular formula is C16H22N4O2S. The molecule has 7 heteroatoms. The molecule has 0 aromatic carbocycles. The highest BCUT2D eigenvalue weighted by Crippen LogP contribution is 2.33. The lowest BCUT2D eigenvalue weighted by atomic mass is 9.84. The normalized spacial score (nSPS) is 27.7. The topological polar surface area (TPSA) is 66.4 Å². The molecule has 5 rings (SSSR count). The van der Waals surface area contributed by atoms with E-state index in [4.69, 9.17) is 0 Å². The fourth-order valence-electron chi connectivity index (χ4n) is 3.98. The summed E-state index contributed by atoms with van der Waals surface area (Å²) in [7, 11) is 0. The second kappa shape index (κ2) is 5.85. The van der Waals surface area contributed by atoms with Gasteiger partial charge in [-0.05, 0) is 50.1 Å². The van der Waals surface area contributed by atoms with Crippen LogP contribution < -0.4 is 0 Å². The van der Waals surface area contributed by atoms with Gasteiger partial charge in [-0.25, -0.2) is 0 Å². The quantitative estimate of drug-likeness (QED) is 0.826. The van der Waals surface area contributed by atoms with E-state index in [0.29, 0.717) is 28.9 Å². The second-order valence-corrected chi connectivity index (χ2v) is 7.87. The molecule has 2 atom stereocenters. The van der Waals surface area contributed by atoms with Gasteiger partial charge in [0.15, 0.2) is 0 Å². The van der Waals surface area contributed by atoms with Crippen LogP contribution in [0.4, 0.5) is 0 Å². The fourth-order valence-corrected chi connectivity index (χ4v) is 4.60. The Labute approximate surface area is 140 Å². The largest absolute Gasteiger partial charge is 0.340 e.